The number of nitrogens with zero attached hydrogens (tertiary/aromatic N) is 2. The van der Waals surface area contributed by atoms with Gasteiger partial charge in [0.15, 0.2) is 0 Å². The quantitative estimate of drug-likeness (QED) is 0.493. The van der Waals surface area contributed by atoms with Crippen LogP contribution in [0, 0.1) is 6.57 Å². The monoisotopic (exact) mass is 266 g/mol. The molecule has 1 atom stereocenters. The van der Waals surface area contributed by atoms with Crippen LogP contribution >= 0.6 is 0 Å². The van der Waals surface area contributed by atoms with E-state index >= 15 is 0 Å². The summed E-state index contributed by atoms with van der Waals surface area (Å²) in [4.78, 5) is 24.7. The summed E-state index contributed by atoms with van der Waals surface area (Å²) in [5.74, 6) is -0.922. The minimum atomic E-state index is -0.922. The van der Waals surface area contributed by atoms with E-state index in [0.29, 0.717) is 5.69 Å². The minimum Gasteiger partial charge on any atom is -0.481 e. The molecule has 1 aromatic heterocycles. The van der Waals surface area contributed by atoms with Crippen LogP contribution in [-0.4, -0.2) is 40.5 Å². The smallest absolute Gasteiger partial charge is 0.305 e. The van der Waals surface area contributed by atoms with Crippen molar-refractivity contribution in [2.75, 3.05) is 18.5 Å². The van der Waals surface area contributed by atoms with Crippen molar-refractivity contribution in [2.45, 2.75) is 19.4 Å². The van der Waals surface area contributed by atoms with Crippen LogP contribution in [-0.2, 0) is 9.53 Å². The van der Waals surface area contributed by atoms with Gasteiger partial charge in [-0.2, -0.15) is 5.10 Å². The molecule has 1 heterocycles. The van der Waals surface area contributed by atoms with Crippen LogP contribution in [0.25, 0.3) is 4.85 Å². The number of aromatic amines is 1. The number of aliphatic carboxylic acids is 1. The fourth-order valence-electron chi connectivity index (χ4n) is 1.34. The number of hydrogen-bond acceptors (Lipinski definition) is 5. The third-order valence-electron chi connectivity index (χ3n) is 2.17. The molecule has 0 unspecified atom stereocenters. The summed E-state index contributed by atoms with van der Waals surface area (Å²) in [5, 5.41) is 17.1. The number of aromatic nitrogens is 2. The second kappa shape index (κ2) is 7.13. The Morgan fingerprint density at radius 1 is 1.74 bits per heavy atom. The molecule has 3 N–H and O–H groups in total. The van der Waals surface area contributed by atoms with Gasteiger partial charge in [0.1, 0.15) is 0 Å². The van der Waals surface area contributed by atoms with Gasteiger partial charge in [-0.3, -0.25) is 14.7 Å². The van der Waals surface area contributed by atoms with E-state index in [0.717, 1.165) is 0 Å². The van der Waals surface area contributed by atoms with Gasteiger partial charge in [-0.05, 0) is 6.92 Å². The molecule has 0 saturated carbocycles. The molecule has 0 radical (unpaired) electrons. The highest BCUT2D eigenvalue weighted by Crippen LogP contribution is 2.18. The number of nitrogens with one attached hydrogen (secondary N) is 2. The summed E-state index contributed by atoms with van der Waals surface area (Å²) in [6, 6.07) is -0.183. The summed E-state index contributed by atoms with van der Waals surface area (Å²) in [6.07, 6.45) is 1.29. The molecule has 8 heteroatoms. The molecule has 0 saturated heterocycles. The molecule has 0 fully saturated rings. The van der Waals surface area contributed by atoms with E-state index in [1.54, 1.807) is 6.92 Å². The lowest BCUT2D eigenvalue weighted by atomic mass is 10.3. The fraction of sp³-hybridized carbons (Fsp3) is 0.455. The first kappa shape index (κ1) is 14.7. The molecule has 0 aromatic carbocycles. The van der Waals surface area contributed by atoms with Crippen LogP contribution in [0.15, 0.2) is 11.0 Å². The lowest BCUT2D eigenvalue weighted by Crippen LogP contribution is -2.23. The molecule has 1 rings (SSSR count). The minimum absolute atomic E-state index is 0.0626. The van der Waals surface area contributed by atoms with Crippen molar-refractivity contribution in [1.29, 1.82) is 0 Å². The number of carboxylic acids is 1. The van der Waals surface area contributed by atoms with Crippen molar-refractivity contribution in [3.63, 3.8) is 0 Å². The van der Waals surface area contributed by atoms with Crippen molar-refractivity contribution in [1.82, 2.24) is 10.2 Å². The molecule has 0 aliphatic rings. The maximum absolute atomic E-state index is 11.3. The summed E-state index contributed by atoms with van der Waals surface area (Å²) in [5.41, 5.74) is -0.292. The lowest BCUT2D eigenvalue weighted by molar-refractivity contribution is -0.138. The molecular formula is C11H14N4O4. The molecule has 8 nitrogen and oxygen atoms in total. The Morgan fingerprint density at radius 2 is 2.47 bits per heavy atom. The second-order valence-corrected chi connectivity index (χ2v) is 3.84. The van der Waals surface area contributed by atoms with Crippen LogP contribution in [0.3, 0.4) is 0 Å². The highest BCUT2D eigenvalue weighted by Gasteiger charge is 2.10. The fourth-order valence-corrected chi connectivity index (χ4v) is 1.34. The zero-order chi connectivity index (χ0) is 14.3. The molecule has 0 amide bonds. The number of ether oxygens (including phenoxy) is 1. The number of carboxylic acid groups (broad SMARTS) is 1. The molecular weight excluding hydrogens is 252 g/mol. The van der Waals surface area contributed by atoms with Crippen molar-refractivity contribution < 1.29 is 14.6 Å². The molecule has 0 bridgehead atoms. The lowest BCUT2D eigenvalue weighted by Gasteiger charge is -2.15. The molecule has 0 spiro atoms. The third-order valence-corrected chi connectivity index (χ3v) is 2.17. The predicted octanol–water partition coefficient (Wildman–Crippen LogP) is 0.612. The molecule has 0 aliphatic heterocycles. The average Bonchev–Trinajstić information content (AvgIpc) is 2.35. The van der Waals surface area contributed by atoms with Gasteiger partial charge in [0.2, 0.25) is 0 Å². The highest BCUT2D eigenvalue weighted by molar-refractivity contribution is 5.67. The van der Waals surface area contributed by atoms with Crippen LogP contribution in [0.5, 0.6) is 0 Å². The van der Waals surface area contributed by atoms with E-state index < -0.39 is 11.5 Å². The Bertz CT molecular complexity index is 534. The number of rotatable bonds is 7. The van der Waals surface area contributed by atoms with E-state index in [1.165, 1.54) is 6.20 Å². The van der Waals surface area contributed by atoms with Gasteiger partial charge in [0.25, 0.3) is 11.2 Å². The normalized spacial score (nSPS) is 11.6. The standard InChI is InChI=1S/C11H14N4O4/c1-7(6-19-4-3-9(16)17)14-8-5-13-15-11(18)10(8)12-2/h5,7H,3-4,6H2,1H3,(H,16,17)(H2,14,15,18)/t7-/m0/s1. The Kier molecular flexibility index (Phi) is 5.50. The highest BCUT2D eigenvalue weighted by atomic mass is 16.5. The van der Waals surface area contributed by atoms with Crippen LogP contribution in [0.4, 0.5) is 11.4 Å². The maximum atomic E-state index is 11.3. The second-order valence-electron chi connectivity index (χ2n) is 3.84. The van der Waals surface area contributed by atoms with Crippen molar-refractivity contribution >= 4 is 17.3 Å². The van der Waals surface area contributed by atoms with Gasteiger partial charge >= 0.3 is 5.97 Å². The van der Waals surface area contributed by atoms with Crippen molar-refractivity contribution in [3.8, 4) is 0 Å². The molecule has 0 aliphatic carbocycles. The zero-order valence-electron chi connectivity index (χ0n) is 10.3. The SMILES string of the molecule is [C-]#[N+]c1c(N[C@@H](C)COCCC(=O)O)cn[nH]c1=O. The first-order valence-electron chi connectivity index (χ1n) is 5.55. The van der Waals surface area contributed by atoms with Gasteiger partial charge in [0.05, 0.1) is 38.1 Å². The van der Waals surface area contributed by atoms with Gasteiger partial charge in [-0.25, -0.2) is 4.85 Å². The van der Waals surface area contributed by atoms with E-state index in [1.807, 2.05) is 0 Å². The summed E-state index contributed by atoms with van der Waals surface area (Å²) >= 11 is 0. The third kappa shape index (κ3) is 4.77. The van der Waals surface area contributed by atoms with E-state index in [4.69, 9.17) is 16.4 Å². The van der Waals surface area contributed by atoms with Gasteiger partial charge in [0, 0.05) is 6.04 Å². The Morgan fingerprint density at radius 3 is 3.11 bits per heavy atom. The topological polar surface area (TPSA) is 109 Å². The number of hydrogen-bond donors (Lipinski definition) is 3. The Hall–Kier alpha value is -2.40. The Balaban J connectivity index is 2.51. The number of carbonyl (C=O) groups is 1. The van der Waals surface area contributed by atoms with E-state index in [2.05, 4.69) is 20.4 Å². The Labute approximate surface area is 109 Å². The number of anilines is 1. The van der Waals surface area contributed by atoms with E-state index in [9.17, 15) is 9.59 Å². The van der Waals surface area contributed by atoms with Crippen molar-refractivity contribution in [3.05, 3.63) is 28.0 Å². The van der Waals surface area contributed by atoms with Crippen LogP contribution in [0.1, 0.15) is 13.3 Å². The summed E-state index contributed by atoms with van der Waals surface area (Å²) < 4.78 is 5.16. The van der Waals surface area contributed by atoms with Crippen molar-refractivity contribution in [2.24, 2.45) is 0 Å². The van der Waals surface area contributed by atoms with Crippen LogP contribution in [0.2, 0.25) is 0 Å². The summed E-state index contributed by atoms with van der Waals surface area (Å²) in [6.45, 7) is 9.09. The van der Waals surface area contributed by atoms with E-state index in [-0.39, 0.29) is 31.4 Å². The van der Waals surface area contributed by atoms with Gasteiger partial charge in [-0.15, -0.1) is 0 Å². The predicted molar refractivity (Wildman–Crippen MR) is 67.3 cm³/mol. The molecule has 19 heavy (non-hydrogen) atoms. The zero-order valence-corrected chi connectivity index (χ0v) is 10.3. The average molecular weight is 266 g/mol. The maximum Gasteiger partial charge on any atom is 0.305 e. The first-order chi connectivity index (χ1) is 9.04. The van der Waals surface area contributed by atoms with Gasteiger partial charge in [-0.1, -0.05) is 0 Å². The molecule has 102 valence electrons. The summed E-state index contributed by atoms with van der Waals surface area (Å²) in [7, 11) is 0. The molecule has 1 aromatic rings. The van der Waals surface area contributed by atoms with Crippen LogP contribution < -0.4 is 10.9 Å². The first-order valence-corrected chi connectivity index (χ1v) is 5.55. The number of H-pyrrole nitrogens is 1. The van der Waals surface area contributed by atoms with Gasteiger partial charge < -0.3 is 15.2 Å². The largest absolute Gasteiger partial charge is 0.481 e.